The second kappa shape index (κ2) is 2.77. The smallest absolute Gasteiger partial charge is 0.199 e. The average molecular weight is 222 g/mol. The van der Waals surface area contributed by atoms with Gasteiger partial charge in [0.15, 0.2) is 6.20 Å². The quantitative estimate of drug-likeness (QED) is 0.530. The molecule has 0 saturated carbocycles. The molecular weight excluding hydrogens is 218 g/mol. The van der Waals surface area contributed by atoms with Gasteiger partial charge in [0.1, 0.15) is 20.9 Å². The summed E-state index contributed by atoms with van der Waals surface area (Å²) in [4.78, 5) is 0. The van der Waals surface area contributed by atoms with Crippen LogP contribution in [0.1, 0.15) is 0 Å². The molecule has 0 atom stereocenters. The van der Waals surface area contributed by atoms with Crippen LogP contribution in [0.25, 0.3) is 9.40 Å². The molecular formula is C5H4BrNS2. The second-order valence-corrected chi connectivity index (χ2v) is 3.34. The van der Waals surface area contributed by atoms with Crippen molar-refractivity contribution in [1.29, 1.82) is 0 Å². The zero-order valence-electron chi connectivity index (χ0n) is 4.43. The number of halogens is 1. The van der Waals surface area contributed by atoms with E-state index in [0.29, 0.717) is 0 Å². The summed E-state index contributed by atoms with van der Waals surface area (Å²) in [6.07, 6.45) is 2.03. The zero-order valence-corrected chi connectivity index (χ0v) is 7.65. The lowest BCUT2D eigenvalue weighted by atomic mass is 10.6. The van der Waals surface area contributed by atoms with Crippen LogP contribution >= 0.6 is 22.9 Å². The van der Waals surface area contributed by atoms with Gasteiger partial charge in [-0.15, -0.1) is 11.3 Å². The highest BCUT2D eigenvalue weighted by Gasteiger charge is 1.98. The van der Waals surface area contributed by atoms with Crippen molar-refractivity contribution in [1.82, 2.24) is 0 Å². The monoisotopic (exact) mass is 221 g/mol. The Morgan fingerprint density at radius 2 is 2.22 bits per heavy atom. The third kappa shape index (κ3) is 1.15. The standard InChI is InChI=1S/C5H3NS2.BrH/c1-2-7-5-3-6-8-4(1)5;/h1-3H;1H. The van der Waals surface area contributed by atoms with Crippen LogP contribution in [0.2, 0.25) is 0 Å². The van der Waals surface area contributed by atoms with Gasteiger partial charge < -0.3 is 17.0 Å². The SMILES string of the molecule is [Br-].c1cc2s[nH+]cc2s1. The second-order valence-electron chi connectivity index (χ2n) is 1.51. The van der Waals surface area contributed by atoms with Crippen LogP contribution in [0.5, 0.6) is 0 Å². The predicted octanol–water partition coefficient (Wildman–Crippen LogP) is -1.22. The van der Waals surface area contributed by atoms with Gasteiger partial charge in [0, 0.05) is 0 Å². The van der Waals surface area contributed by atoms with Gasteiger partial charge in [0.25, 0.3) is 0 Å². The van der Waals surface area contributed by atoms with Gasteiger partial charge in [-0.25, -0.2) is 0 Å². The third-order valence-electron chi connectivity index (χ3n) is 1.02. The van der Waals surface area contributed by atoms with Gasteiger partial charge in [0.2, 0.25) is 0 Å². The van der Waals surface area contributed by atoms with Crippen molar-refractivity contribution in [2.24, 2.45) is 0 Å². The molecule has 0 saturated heterocycles. The highest BCUT2D eigenvalue weighted by Crippen LogP contribution is 2.20. The maximum Gasteiger partial charge on any atom is 0.199 e. The third-order valence-corrected chi connectivity index (χ3v) is 2.82. The summed E-state index contributed by atoms with van der Waals surface area (Å²) in [6.45, 7) is 0. The number of aromatic nitrogens is 1. The van der Waals surface area contributed by atoms with E-state index in [2.05, 4.69) is 15.8 Å². The zero-order chi connectivity index (χ0) is 5.40. The first-order chi connectivity index (χ1) is 3.97. The lowest BCUT2D eigenvalue weighted by Crippen LogP contribution is -3.00. The van der Waals surface area contributed by atoms with Crippen LogP contribution in [0.15, 0.2) is 17.6 Å². The molecule has 0 unspecified atom stereocenters. The van der Waals surface area contributed by atoms with Gasteiger partial charge in [-0.3, -0.25) is 0 Å². The lowest BCUT2D eigenvalue weighted by molar-refractivity contribution is -0.287. The largest absolute Gasteiger partial charge is 1.00 e. The van der Waals surface area contributed by atoms with E-state index in [1.807, 2.05) is 6.20 Å². The van der Waals surface area contributed by atoms with E-state index in [1.54, 1.807) is 22.9 Å². The average Bonchev–Trinajstić information content (AvgIpc) is 2.15. The fourth-order valence-corrected chi connectivity index (χ4v) is 2.34. The molecule has 2 aromatic rings. The van der Waals surface area contributed by atoms with E-state index < -0.39 is 0 Å². The number of nitrogens with one attached hydrogen (secondary N) is 1. The summed E-state index contributed by atoms with van der Waals surface area (Å²) in [6, 6.07) is 2.13. The molecule has 0 aliphatic carbocycles. The maximum atomic E-state index is 3.07. The van der Waals surface area contributed by atoms with Crippen LogP contribution in [-0.2, 0) is 0 Å². The summed E-state index contributed by atoms with van der Waals surface area (Å²) in [5.74, 6) is 0. The van der Waals surface area contributed by atoms with Crippen molar-refractivity contribution >= 4 is 32.3 Å². The predicted molar refractivity (Wildman–Crippen MR) is 36.3 cm³/mol. The summed E-state index contributed by atoms with van der Waals surface area (Å²) in [5, 5.41) is 2.11. The fourth-order valence-electron chi connectivity index (χ4n) is 0.645. The number of hydrogen-bond donors (Lipinski definition) is 0. The minimum absolute atomic E-state index is 0. The molecule has 0 fully saturated rings. The van der Waals surface area contributed by atoms with Crippen LogP contribution in [0.4, 0.5) is 0 Å². The highest BCUT2D eigenvalue weighted by molar-refractivity contribution is 7.22. The van der Waals surface area contributed by atoms with E-state index in [1.165, 1.54) is 9.40 Å². The van der Waals surface area contributed by atoms with Gasteiger partial charge in [-0.1, -0.05) is 0 Å². The molecule has 0 spiro atoms. The summed E-state index contributed by atoms with van der Waals surface area (Å²) in [5.41, 5.74) is 0. The molecule has 48 valence electrons. The van der Waals surface area contributed by atoms with Crippen molar-refractivity contribution in [3.8, 4) is 0 Å². The number of rotatable bonds is 0. The molecule has 1 N–H and O–H groups in total. The summed E-state index contributed by atoms with van der Waals surface area (Å²) >= 11 is 3.45. The van der Waals surface area contributed by atoms with Crippen LogP contribution in [-0.4, -0.2) is 0 Å². The van der Waals surface area contributed by atoms with Gasteiger partial charge >= 0.3 is 0 Å². The highest BCUT2D eigenvalue weighted by atomic mass is 79.9. The molecule has 2 aromatic heterocycles. The molecule has 0 amide bonds. The molecule has 0 radical (unpaired) electrons. The van der Waals surface area contributed by atoms with Gasteiger partial charge in [-0.2, -0.15) is 4.37 Å². The molecule has 0 bridgehead atoms. The van der Waals surface area contributed by atoms with Crippen LogP contribution < -0.4 is 21.4 Å². The first kappa shape index (κ1) is 7.18. The molecule has 4 heteroatoms. The summed E-state index contributed by atoms with van der Waals surface area (Å²) < 4.78 is 5.78. The van der Waals surface area contributed by atoms with E-state index >= 15 is 0 Å². The number of hydrogen-bond acceptors (Lipinski definition) is 2. The molecule has 2 rings (SSSR count). The van der Waals surface area contributed by atoms with Crippen LogP contribution in [0.3, 0.4) is 0 Å². The van der Waals surface area contributed by atoms with Crippen molar-refractivity contribution in [2.45, 2.75) is 0 Å². The summed E-state index contributed by atoms with van der Waals surface area (Å²) in [7, 11) is 0. The van der Waals surface area contributed by atoms with Crippen molar-refractivity contribution in [2.75, 3.05) is 0 Å². The molecule has 0 aromatic carbocycles. The van der Waals surface area contributed by atoms with Crippen molar-refractivity contribution in [3.05, 3.63) is 17.6 Å². The topological polar surface area (TPSA) is 14.1 Å². The number of aromatic amines is 1. The number of thiophene rings is 1. The number of H-pyrrole nitrogens is 1. The number of fused-ring (bicyclic) bond motifs is 1. The van der Waals surface area contributed by atoms with Crippen LogP contribution in [0, 0.1) is 0 Å². The van der Waals surface area contributed by atoms with E-state index in [0.717, 1.165) is 0 Å². The Bertz CT molecular complexity index is 236. The lowest BCUT2D eigenvalue weighted by Gasteiger charge is -1.55. The van der Waals surface area contributed by atoms with E-state index in [4.69, 9.17) is 0 Å². The van der Waals surface area contributed by atoms with Gasteiger partial charge in [0.05, 0.1) is 0 Å². The van der Waals surface area contributed by atoms with Crippen molar-refractivity contribution in [3.63, 3.8) is 0 Å². The van der Waals surface area contributed by atoms with Gasteiger partial charge in [-0.05, 0) is 11.4 Å². The Labute approximate surface area is 71.3 Å². The first-order valence-electron chi connectivity index (χ1n) is 2.30. The minimum Gasteiger partial charge on any atom is -1.00 e. The molecule has 9 heavy (non-hydrogen) atoms. The Hall–Kier alpha value is 0.0700. The van der Waals surface area contributed by atoms with E-state index in [9.17, 15) is 0 Å². The minimum atomic E-state index is 0. The fraction of sp³-hybridized carbons (Fsp3) is 0. The maximum absolute atomic E-state index is 3.07. The molecule has 0 aliphatic heterocycles. The Morgan fingerprint density at radius 1 is 1.33 bits per heavy atom. The Morgan fingerprint density at radius 3 is 3.00 bits per heavy atom. The molecule has 0 aliphatic rings. The van der Waals surface area contributed by atoms with E-state index in [-0.39, 0.29) is 17.0 Å². The van der Waals surface area contributed by atoms with Crippen molar-refractivity contribution < 1.29 is 21.4 Å². The first-order valence-corrected chi connectivity index (χ1v) is 3.99. The molecule has 2 heterocycles. The Balaban J connectivity index is 0.000000405. The Kier molecular flexibility index (Phi) is 2.21. The molecule has 1 nitrogen and oxygen atoms in total. The normalized spacial score (nSPS) is 9.33.